The fourth-order valence-electron chi connectivity index (χ4n) is 5.26. The van der Waals surface area contributed by atoms with E-state index in [0.717, 1.165) is 54.6 Å². The van der Waals surface area contributed by atoms with Crippen LogP contribution in [-0.4, -0.2) is 23.8 Å². The van der Waals surface area contributed by atoms with Crippen molar-refractivity contribution >= 4 is 75.3 Å². The number of carbonyl (C=O) groups is 1. The molecule has 0 aliphatic heterocycles. The maximum absolute atomic E-state index is 12.6. The van der Waals surface area contributed by atoms with Crippen LogP contribution in [0.5, 0.6) is 5.75 Å². The highest BCUT2D eigenvalue weighted by Gasteiger charge is 2.10. The monoisotopic (exact) mass is 761 g/mol. The van der Waals surface area contributed by atoms with Gasteiger partial charge in [0.15, 0.2) is 0 Å². The molecule has 0 aliphatic carbocycles. The zero-order valence-corrected chi connectivity index (χ0v) is 31.1. The molecule has 4 aromatic carbocycles. The minimum Gasteiger partial charge on any atom is -0.494 e. The summed E-state index contributed by atoms with van der Waals surface area (Å²) in [5.41, 5.74) is 6.83. The Hall–Kier alpha value is -5.14. The summed E-state index contributed by atoms with van der Waals surface area (Å²) in [5.74, 6) is 0.564. The number of nitrogens with zero attached hydrogens (tertiary/aromatic N) is 1. The molecule has 0 saturated carbocycles. The van der Waals surface area contributed by atoms with Gasteiger partial charge in [-0.3, -0.25) is 4.79 Å². The van der Waals surface area contributed by atoms with Gasteiger partial charge in [-0.25, -0.2) is 0 Å². The van der Waals surface area contributed by atoms with Gasteiger partial charge in [0.25, 0.3) is 0 Å². The summed E-state index contributed by atoms with van der Waals surface area (Å²) in [6.45, 7) is 2.71. The molecule has 0 bridgehead atoms. The van der Waals surface area contributed by atoms with Gasteiger partial charge in [-0.15, -0.1) is 22.7 Å². The maximum Gasteiger partial charge on any atom is 0.248 e. The fourth-order valence-corrected chi connectivity index (χ4v) is 7.27. The highest BCUT2D eigenvalue weighted by molar-refractivity contribution is 7.16. The molecule has 1 unspecified atom stereocenters. The van der Waals surface area contributed by atoms with Gasteiger partial charge < -0.3 is 20.5 Å². The number of hydrogen-bond donors (Lipinski definition) is 3. The Morgan fingerprint density at radius 3 is 2.37 bits per heavy atom. The van der Waals surface area contributed by atoms with E-state index in [0.29, 0.717) is 33.6 Å². The Morgan fingerprint density at radius 1 is 0.846 bits per heavy atom. The van der Waals surface area contributed by atoms with Gasteiger partial charge >= 0.3 is 0 Å². The average molecular weight is 763 g/mol. The van der Waals surface area contributed by atoms with Crippen molar-refractivity contribution in [2.75, 3.05) is 17.2 Å². The Balaban J connectivity index is 1.13. The van der Waals surface area contributed by atoms with Crippen molar-refractivity contribution < 1.29 is 14.6 Å². The van der Waals surface area contributed by atoms with Gasteiger partial charge in [0, 0.05) is 32.1 Å². The van der Waals surface area contributed by atoms with Crippen molar-refractivity contribution in [1.29, 1.82) is 5.26 Å². The standard InChI is InChI=1S/C42H33Cl2N3O3S2/c1-2-18-50-35-9-6-33(7-10-35)46-41(48)17-13-37-23-32(26-51-37)29-5-3-4-28(21-29)30-19-27(25-45)20-31(22-30)40-15-11-36(52-40)12-16-42(49)47-34-8-14-38(43)39(44)24-34/h3-17,19-24,26,42,47,49H,2,18H2,1H3,(H,46,48)/b16-12+,17-13+. The number of anilines is 2. The molecule has 10 heteroatoms. The molecule has 0 aliphatic rings. The number of ether oxygens (including phenoxy) is 1. The summed E-state index contributed by atoms with van der Waals surface area (Å²) in [6.07, 6.45) is 6.85. The maximum atomic E-state index is 12.6. The molecule has 0 fully saturated rings. The molecule has 2 aromatic heterocycles. The number of benzene rings is 4. The molecule has 0 radical (unpaired) electrons. The van der Waals surface area contributed by atoms with Crippen molar-refractivity contribution in [2.24, 2.45) is 0 Å². The van der Waals surface area contributed by atoms with Crippen LogP contribution in [0.15, 0.2) is 121 Å². The van der Waals surface area contributed by atoms with E-state index in [-0.39, 0.29) is 5.91 Å². The number of aliphatic hydroxyl groups is 1. The quantitative estimate of drug-likeness (QED) is 0.0804. The predicted octanol–water partition coefficient (Wildman–Crippen LogP) is 11.9. The van der Waals surface area contributed by atoms with Gasteiger partial charge in [0.05, 0.1) is 28.3 Å². The van der Waals surface area contributed by atoms with E-state index in [9.17, 15) is 15.2 Å². The Labute approximate surface area is 320 Å². The first kappa shape index (κ1) is 36.6. The number of nitriles is 1. The van der Waals surface area contributed by atoms with E-state index in [2.05, 4.69) is 53.3 Å². The zero-order valence-electron chi connectivity index (χ0n) is 28.0. The number of hydrogen-bond acceptors (Lipinski definition) is 7. The largest absolute Gasteiger partial charge is 0.494 e. The predicted molar refractivity (Wildman–Crippen MR) is 218 cm³/mol. The van der Waals surface area contributed by atoms with Crippen LogP contribution in [0.1, 0.15) is 28.7 Å². The van der Waals surface area contributed by atoms with E-state index >= 15 is 0 Å². The molecule has 260 valence electrons. The highest BCUT2D eigenvalue weighted by Crippen LogP contribution is 2.35. The summed E-state index contributed by atoms with van der Waals surface area (Å²) < 4.78 is 5.60. The van der Waals surface area contributed by atoms with Crippen LogP contribution in [0.4, 0.5) is 11.4 Å². The van der Waals surface area contributed by atoms with Crippen LogP contribution in [0.3, 0.4) is 0 Å². The van der Waals surface area contributed by atoms with Gasteiger partial charge in [0.1, 0.15) is 12.0 Å². The normalized spacial score (nSPS) is 11.8. The second kappa shape index (κ2) is 17.4. The smallest absolute Gasteiger partial charge is 0.248 e. The minimum absolute atomic E-state index is 0.212. The van der Waals surface area contributed by atoms with Crippen molar-refractivity contribution in [3.63, 3.8) is 0 Å². The second-order valence-corrected chi connectivity index (χ2v) is 14.6. The Morgan fingerprint density at radius 2 is 1.60 bits per heavy atom. The van der Waals surface area contributed by atoms with Crippen LogP contribution in [0.25, 0.3) is 44.8 Å². The molecule has 2 heterocycles. The SMILES string of the molecule is CCCOc1ccc(NC(=O)/C=C/c2cc(-c3cccc(-c4cc(C#N)cc(-c5ccc(/C=C/C(O)Nc6ccc(Cl)c(Cl)c6)s5)c4)c3)cs2)cc1. The van der Waals surface area contributed by atoms with E-state index in [1.165, 1.54) is 6.08 Å². The lowest BCUT2D eigenvalue weighted by atomic mass is 9.97. The molecule has 6 rings (SSSR count). The highest BCUT2D eigenvalue weighted by atomic mass is 35.5. The molecule has 6 nitrogen and oxygen atoms in total. The average Bonchev–Trinajstić information content (AvgIpc) is 3.85. The number of thiophene rings is 2. The molecular weight excluding hydrogens is 730 g/mol. The van der Waals surface area contributed by atoms with E-state index < -0.39 is 6.23 Å². The lowest BCUT2D eigenvalue weighted by molar-refractivity contribution is -0.111. The zero-order chi connectivity index (χ0) is 36.5. The van der Waals surface area contributed by atoms with Crippen LogP contribution in [-0.2, 0) is 4.79 Å². The third-order valence-electron chi connectivity index (χ3n) is 7.79. The Kier molecular flexibility index (Phi) is 12.3. The van der Waals surface area contributed by atoms with Crippen LogP contribution in [0, 0.1) is 11.3 Å². The lowest BCUT2D eigenvalue weighted by Gasteiger charge is -2.10. The van der Waals surface area contributed by atoms with Gasteiger partial charge in [-0.2, -0.15) is 5.26 Å². The van der Waals surface area contributed by atoms with E-state index in [1.807, 2.05) is 72.8 Å². The number of rotatable bonds is 13. The van der Waals surface area contributed by atoms with E-state index in [4.69, 9.17) is 27.9 Å². The summed E-state index contributed by atoms with van der Waals surface area (Å²) in [4.78, 5) is 15.5. The molecule has 3 N–H and O–H groups in total. The van der Waals surface area contributed by atoms with Crippen molar-refractivity contribution in [2.45, 2.75) is 19.6 Å². The molecule has 1 amide bonds. The minimum atomic E-state index is -0.932. The third kappa shape index (κ3) is 9.80. The first-order valence-electron chi connectivity index (χ1n) is 16.4. The number of halogens is 2. The number of amides is 1. The third-order valence-corrected chi connectivity index (χ3v) is 10.5. The summed E-state index contributed by atoms with van der Waals surface area (Å²) in [7, 11) is 0. The Bertz CT molecular complexity index is 2290. The summed E-state index contributed by atoms with van der Waals surface area (Å²) in [6, 6.07) is 34.9. The van der Waals surface area contributed by atoms with Gasteiger partial charge in [0.2, 0.25) is 5.91 Å². The van der Waals surface area contributed by atoms with E-state index in [1.54, 1.807) is 46.9 Å². The summed E-state index contributed by atoms with van der Waals surface area (Å²) in [5, 5.41) is 29.1. The molecule has 1 atom stereocenters. The molecule has 52 heavy (non-hydrogen) atoms. The van der Waals surface area contributed by atoms with Gasteiger partial charge in [-0.05, 0) is 143 Å². The van der Waals surface area contributed by atoms with Crippen molar-refractivity contribution in [3.8, 4) is 44.5 Å². The van der Waals surface area contributed by atoms with Crippen LogP contribution in [0.2, 0.25) is 10.0 Å². The molecular formula is C42H33Cl2N3O3S2. The van der Waals surface area contributed by atoms with Crippen LogP contribution >= 0.6 is 45.9 Å². The first-order valence-corrected chi connectivity index (χ1v) is 18.9. The first-order chi connectivity index (χ1) is 25.3. The fraction of sp³-hybridized carbons (Fsp3) is 0.0952. The molecule has 6 aromatic rings. The lowest BCUT2D eigenvalue weighted by Crippen LogP contribution is -2.15. The summed E-state index contributed by atoms with van der Waals surface area (Å²) >= 11 is 15.2. The number of carbonyl (C=O) groups excluding carboxylic acids is 1. The van der Waals surface area contributed by atoms with Crippen molar-refractivity contribution in [3.05, 3.63) is 146 Å². The second-order valence-electron chi connectivity index (χ2n) is 11.7. The van der Waals surface area contributed by atoms with Crippen LogP contribution < -0.4 is 15.4 Å². The van der Waals surface area contributed by atoms with Gasteiger partial charge in [-0.1, -0.05) is 48.3 Å². The van der Waals surface area contributed by atoms with Crippen molar-refractivity contribution in [1.82, 2.24) is 0 Å². The topological polar surface area (TPSA) is 94.4 Å². The number of aliphatic hydroxyl groups excluding tert-OH is 1. The number of nitrogens with one attached hydrogen (secondary N) is 2. The molecule has 0 spiro atoms. The molecule has 0 saturated heterocycles.